The molecule has 0 radical (unpaired) electrons. The van der Waals surface area contributed by atoms with Crippen molar-refractivity contribution in [2.75, 3.05) is 18.0 Å². The van der Waals surface area contributed by atoms with Crippen LogP contribution in [-0.4, -0.2) is 60.7 Å². The summed E-state index contributed by atoms with van der Waals surface area (Å²) in [6, 6.07) is 9.70. The molecule has 2 aliphatic carbocycles. The molecule has 8 nitrogen and oxygen atoms in total. The highest BCUT2D eigenvalue weighted by Gasteiger charge is 2.62. The molecule has 0 amide bonds. The third-order valence-electron chi connectivity index (χ3n) is 8.98. The van der Waals surface area contributed by atoms with E-state index in [-0.39, 0.29) is 29.9 Å². The van der Waals surface area contributed by atoms with Gasteiger partial charge >= 0.3 is 6.18 Å². The Hall–Kier alpha value is -3.27. The highest BCUT2D eigenvalue weighted by molar-refractivity contribution is 6.30. The molecule has 0 bridgehead atoms. The van der Waals surface area contributed by atoms with Gasteiger partial charge in [-0.3, -0.25) is 9.47 Å². The van der Waals surface area contributed by atoms with Gasteiger partial charge in [-0.05, 0) is 48.7 Å². The third-order valence-corrected chi connectivity index (χ3v) is 9.22. The molecule has 4 aliphatic rings. The van der Waals surface area contributed by atoms with Crippen molar-refractivity contribution in [1.82, 2.24) is 24.6 Å². The number of rotatable bonds is 3. The summed E-state index contributed by atoms with van der Waals surface area (Å²) in [6.45, 7) is 2.19. The second-order valence-corrected chi connectivity index (χ2v) is 12.1. The van der Waals surface area contributed by atoms with Gasteiger partial charge in [-0.2, -0.15) is 18.4 Å². The SMILES string of the molecule is N#Cc1nc(N2CC3(CC(c4nnc5n4-c4ccc(Cl)cc4CN(C4CC(O)(C(F)(F)F)C4)C5)C3)C2)ccc1F. The van der Waals surface area contributed by atoms with Crippen LogP contribution in [0.15, 0.2) is 30.3 Å². The van der Waals surface area contributed by atoms with Crippen molar-refractivity contribution in [3.8, 4) is 11.8 Å². The molecular weight excluding hydrogens is 550 g/mol. The largest absolute Gasteiger partial charge is 0.417 e. The van der Waals surface area contributed by atoms with E-state index in [2.05, 4.69) is 15.2 Å². The molecule has 1 saturated heterocycles. The van der Waals surface area contributed by atoms with E-state index in [4.69, 9.17) is 16.9 Å². The predicted octanol–water partition coefficient (Wildman–Crippen LogP) is 4.48. The normalized spacial score (nSPS) is 25.7. The van der Waals surface area contributed by atoms with Crippen molar-refractivity contribution in [2.24, 2.45) is 5.41 Å². The predicted molar refractivity (Wildman–Crippen MR) is 135 cm³/mol. The van der Waals surface area contributed by atoms with Gasteiger partial charge in [0.2, 0.25) is 0 Å². The maximum atomic E-state index is 13.7. The minimum Gasteiger partial charge on any atom is -0.380 e. The van der Waals surface area contributed by atoms with Crippen molar-refractivity contribution in [3.05, 3.63) is 64.1 Å². The quantitative estimate of drug-likeness (QED) is 0.462. The second kappa shape index (κ2) is 8.61. The van der Waals surface area contributed by atoms with Gasteiger partial charge in [-0.1, -0.05) is 11.6 Å². The van der Waals surface area contributed by atoms with Gasteiger partial charge in [-0.15, -0.1) is 10.2 Å². The van der Waals surface area contributed by atoms with Gasteiger partial charge in [0.15, 0.2) is 22.9 Å². The average Bonchev–Trinajstić information content (AvgIpc) is 3.15. The first kappa shape index (κ1) is 25.7. The molecule has 1 aromatic carbocycles. The molecule has 1 spiro atoms. The lowest BCUT2D eigenvalue weighted by Gasteiger charge is -2.59. The van der Waals surface area contributed by atoms with Crippen molar-refractivity contribution >= 4 is 17.4 Å². The van der Waals surface area contributed by atoms with Crippen LogP contribution in [0.4, 0.5) is 23.4 Å². The van der Waals surface area contributed by atoms with Crippen molar-refractivity contribution in [1.29, 1.82) is 5.26 Å². The minimum absolute atomic E-state index is 0.0769. The van der Waals surface area contributed by atoms with Crippen LogP contribution in [0, 0.1) is 22.6 Å². The average molecular weight is 574 g/mol. The topological polar surface area (TPSA) is 94.1 Å². The van der Waals surface area contributed by atoms with E-state index >= 15 is 0 Å². The van der Waals surface area contributed by atoms with E-state index in [0.29, 0.717) is 29.8 Å². The molecule has 208 valence electrons. The third kappa shape index (κ3) is 3.89. The highest BCUT2D eigenvalue weighted by Crippen LogP contribution is 2.57. The molecule has 1 N–H and O–H groups in total. The van der Waals surface area contributed by atoms with Crippen LogP contribution < -0.4 is 4.90 Å². The summed E-state index contributed by atoms with van der Waals surface area (Å²) >= 11 is 6.31. The summed E-state index contributed by atoms with van der Waals surface area (Å²) < 4.78 is 55.6. The van der Waals surface area contributed by atoms with Crippen LogP contribution in [0.1, 0.15) is 54.5 Å². The molecule has 3 aromatic rings. The molecule has 2 saturated carbocycles. The molecule has 13 heteroatoms. The fraction of sp³-hybridized carbons (Fsp3) is 0.481. The molecular formula is C27H24ClF4N7O. The van der Waals surface area contributed by atoms with E-state index in [1.807, 2.05) is 26.5 Å². The lowest BCUT2D eigenvalue weighted by molar-refractivity contribution is -0.300. The Morgan fingerprint density at radius 1 is 1.05 bits per heavy atom. The zero-order valence-electron chi connectivity index (χ0n) is 21.2. The first-order chi connectivity index (χ1) is 19.0. The van der Waals surface area contributed by atoms with Crippen molar-refractivity contribution in [2.45, 2.75) is 62.5 Å². The van der Waals surface area contributed by atoms with E-state index in [9.17, 15) is 22.7 Å². The van der Waals surface area contributed by atoms with Gasteiger partial charge < -0.3 is 10.0 Å². The Morgan fingerprint density at radius 2 is 1.80 bits per heavy atom. The van der Waals surface area contributed by atoms with Crippen LogP contribution in [-0.2, 0) is 13.1 Å². The summed E-state index contributed by atoms with van der Waals surface area (Å²) in [5.41, 5.74) is -1.06. The smallest absolute Gasteiger partial charge is 0.380 e. The summed E-state index contributed by atoms with van der Waals surface area (Å²) in [6.07, 6.45) is -3.67. The Labute approximate surface area is 231 Å². The van der Waals surface area contributed by atoms with Gasteiger partial charge in [0.05, 0.1) is 12.2 Å². The summed E-state index contributed by atoms with van der Waals surface area (Å²) in [5.74, 6) is 1.56. The van der Waals surface area contributed by atoms with Crippen LogP contribution in [0.5, 0.6) is 0 Å². The van der Waals surface area contributed by atoms with Crippen molar-refractivity contribution in [3.63, 3.8) is 0 Å². The van der Waals surface area contributed by atoms with Crippen molar-refractivity contribution < 1.29 is 22.7 Å². The number of nitrogens with zero attached hydrogens (tertiary/aromatic N) is 7. The summed E-state index contributed by atoms with van der Waals surface area (Å²) in [5, 5.41) is 28.7. The van der Waals surface area contributed by atoms with Crippen LogP contribution in [0.25, 0.3) is 5.69 Å². The summed E-state index contributed by atoms with van der Waals surface area (Å²) in [7, 11) is 0. The number of halogens is 5. The van der Waals surface area contributed by atoms with Gasteiger partial charge in [-0.25, -0.2) is 9.37 Å². The Kier molecular flexibility index (Phi) is 5.53. The van der Waals surface area contributed by atoms with Crippen LogP contribution in [0.3, 0.4) is 0 Å². The monoisotopic (exact) mass is 573 g/mol. The number of nitriles is 1. The molecule has 2 aliphatic heterocycles. The van der Waals surface area contributed by atoms with Crippen LogP contribution in [0.2, 0.25) is 5.02 Å². The number of aliphatic hydroxyl groups is 1. The van der Waals surface area contributed by atoms with E-state index in [0.717, 1.165) is 43.0 Å². The molecule has 40 heavy (non-hydrogen) atoms. The standard InChI is InChI=1S/C27H24ClF4N7O/c28-17-1-3-21-15(5-17)11-37(18-8-26(40,9-18)27(30,31)32)12-23-35-36-24(39(21)23)16-6-25(7-16)13-38(14-25)22-4-2-19(29)20(10-33)34-22/h1-5,16,18,40H,6-9,11-14H2. The molecule has 3 fully saturated rings. The number of aromatic nitrogens is 4. The van der Waals surface area contributed by atoms with Crippen LogP contribution >= 0.6 is 11.6 Å². The van der Waals surface area contributed by atoms with Gasteiger partial charge in [0.1, 0.15) is 17.7 Å². The minimum atomic E-state index is -4.66. The van der Waals surface area contributed by atoms with E-state index < -0.39 is 23.6 Å². The fourth-order valence-corrected chi connectivity index (χ4v) is 7.02. The fourth-order valence-electron chi connectivity index (χ4n) is 6.82. The molecule has 0 atom stereocenters. The number of anilines is 1. The molecule has 2 aromatic heterocycles. The second-order valence-electron chi connectivity index (χ2n) is 11.7. The van der Waals surface area contributed by atoms with Gasteiger partial charge in [0, 0.05) is 54.9 Å². The Bertz CT molecular complexity index is 1550. The van der Waals surface area contributed by atoms with Gasteiger partial charge in [0.25, 0.3) is 0 Å². The maximum absolute atomic E-state index is 13.7. The summed E-state index contributed by atoms with van der Waals surface area (Å²) in [4.78, 5) is 8.09. The number of fused-ring (bicyclic) bond motifs is 3. The highest BCUT2D eigenvalue weighted by atomic mass is 35.5. The Morgan fingerprint density at radius 3 is 2.50 bits per heavy atom. The first-order valence-electron chi connectivity index (χ1n) is 13.1. The first-order valence-corrected chi connectivity index (χ1v) is 13.4. The Balaban J connectivity index is 1.10. The molecule has 7 rings (SSSR count). The molecule has 4 heterocycles. The zero-order valence-corrected chi connectivity index (χ0v) is 21.9. The van der Waals surface area contributed by atoms with E-state index in [1.54, 1.807) is 18.2 Å². The number of pyridine rings is 1. The number of alkyl halides is 3. The van der Waals surface area contributed by atoms with E-state index in [1.165, 1.54) is 6.07 Å². The maximum Gasteiger partial charge on any atom is 0.417 e. The lowest BCUT2D eigenvalue weighted by atomic mass is 9.57. The number of benzene rings is 1. The lowest BCUT2D eigenvalue weighted by Crippen LogP contribution is -2.62. The number of hydrogen-bond donors (Lipinski definition) is 1. The molecule has 0 unspecified atom stereocenters. The zero-order chi connectivity index (χ0) is 28.0. The number of hydrogen-bond acceptors (Lipinski definition) is 7.